The smallest absolute Gasteiger partial charge is 0.186 e. The first kappa shape index (κ1) is 8.25. The van der Waals surface area contributed by atoms with E-state index in [-0.39, 0.29) is 12.2 Å². The minimum atomic E-state index is -0.163. The summed E-state index contributed by atoms with van der Waals surface area (Å²) in [7, 11) is 0. The van der Waals surface area contributed by atoms with E-state index in [4.69, 9.17) is 16.9 Å². The lowest BCUT2D eigenvalue weighted by Gasteiger charge is -1.85. The molecule has 0 N–H and O–H groups in total. The molecule has 0 aliphatic carbocycles. The van der Waals surface area contributed by atoms with Gasteiger partial charge in [-0.1, -0.05) is 11.6 Å². The van der Waals surface area contributed by atoms with E-state index >= 15 is 0 Å². The molecule has 0 radical (unpaired) electrons. The fourth-order valence-corrected chi connectivity index (χ4v) is 1.60. The van der Waals surface area contributed by atoms with E-state index in [0.717, 1.165) is 0 Å². The average molecular weight is 186 g/mol. The Morgan fingerprint density at radius 3 is 2.91 bits per heavy atom. The number of carbonyl (C=O) groups is 1. The summed E-state index contributed by atoms with van der Waals surface area (Å²) in [5, 5.41) is 8.21. The maximum absolute atomic E-state index is 11.0. The molecule has 11 heavy (non-hydrogen) atoms. The van der Waals surface area contributed by atoms with E-state index in [1.54, 1.807) is 18.2 Å². The third kappa shape index (κ3) is 2.04. The van der Waals surface area contributed by atoms with E-state index in [1.165, 1.54) is 11.3 Å². The highest BCUT2D eigenvalue weighted by atomic mass is 35.5. The largest absolute Gasteiger partial charge is 0.292 e. The monoisotopic (exact) mass is 185 g/mol. The first-order chi connectivity index (χ1) is 5.24. The zero-order valence-electron chi connectivity index (χ0n) is 5.50. The summed E-state index contributed by atoms with van der Waals surface area (Å²) in [6, 6.07) is 5.07. The van der Waals surface area contributed by atoms with Crippen LogP contribution in [-0.4, -0.2) is 5.78 Å². The lowest BCUT2D eigenvalue weighted by Crippen LogP contribution is -1.91. The predicted molar refractivity (Wildman–Crippen MR) is 43.9 cm³/mol. The van der Waals surface area contributed by atoms with Crippen LogP contribution in [0.5, 0.6) is 0 Å². The molecule has 0 spiro atoms. The summed E-state index contributed by atoms with van der Waals surface area (Å²) < 4.78 is 0.575. The van der Waals surface area contributed by atoms with Crippen molar-refractivity contribution < 1.29 is 4.79 Å². The van der Waals surface area contributed by atoms with Crippen LogP contribution >= 0.6 is 22.9 Å². The molecule has 0 aromatic carbocycles. The number of carbonyl (C=O) groups excluding carboxylic acids is 1. The fraction of sp³-hybridized carbons (Fsp3) is 0.143. The number of hydrogen-bond donors (Lipinski definition) is 0. The standard InChI is InChI=1S/C7H4ClNOS/c8-7-2-1-6(11-7)5(10)3-4-9/h1-2H,3H2. The Bertz CT molecular complexity index is 312. The summed E-state index contributed by atoms with van der Waals surface area (Å²) in [4.78, 5) is 11.5. The van der Waals surface area contributed by atoms with Crippen molar-refractivity contribution in [2.24, 2.45) is 0 Å². The van der Waals surface area contributed by atoms with Gasteiger partial charge in [0.25, 0.3) is 0 Å². The molecule has 1 aromatic heterocycles. The van der Waals surface area contributed by atoms with Crippen LogP contribution in [-0.2, 0) is 0 Å². The summed E-state index contributed by atoms with van der Waals surface area (Å²) >= 11 is 6.79. The van der Waals surface area contributed by atoms with Crippen molar-refractivity contribution in [2.75, 3.05) is 0 Å². The molecule has 0 atom stereocenters. The molecule has 0 amide bonds. The average Bonchev–Trinajstić information content (AvgIpc) is 2.36. The van der Waals surface area contributed by atoms with Crippen molar-refractivity contribution in [1.29, 1.82) is 5.26 Å². The van der Waals surface area contributed by atoms with E-state index < -0.39 is 0 Å². The lowest BCUT2D eigenvalue weighted by molar-refractivity contribution is 0.100. The molecule has 4 heteroatoms. The highest BCUT2D eigenvalue weighted by Gasteiger charge is 2.06. The molecule has 1 rings (SSSR count). The summed E-state index contributed by atoms with van der Waals surface area (Å²) in [6.45, 7) is 0. The number of nitrogens with zero attached hydrogens (tertiary/aromatic N) is 1. The third-order valence-electron chi connectivity index (χ3n) is 1.09. The van der Waals surface area contributed by atoms with Crippen LogP contribution in [0.1, 0.15) is 16.1 Å². The van der Waals surface area contributed by atoms with Crippen molar-refractivity contribution in [3.63, 3.8) is 0 Å². The Morgan fingerprint density at radius 1 is 1.73 bits per heavy atom. The van der Waals surface area contributed by atoms with Gasteiger partial charge in [-0.25, -0.2) is 0 Å². The summed E-state index contributed by atoms with van der Waals surface area (Å²) in [5.74, 6) is -0.163. The number of rotatable bonds is 2. The molecule has 0 unspecified atom stereocenters. The molecule has 0 aliphatic rings. The minimum absolute atomic E-state index is 0.0726. The minimum Gasteiger partial charge on any atom is -0.292 e. The van der Waals surface area contributed by atoms with E-state index in [1.807, 2.05) is 0 Å². The van der Waals surface area contributed by atoms with Crippen molar-refractivity contribution in [3.05, 3.63) is 21.3 Å². The number of Topliss-reactive ketones (excluding diaryl/α,β-unsaturated/α-hetero) is 1. The van der Waals surface area contributed by atoms with Gasteiger partial charge in [0, 0.05) is 0 Å². The van der Waals surface area contributed by atoms with Crippen LogP contribution in [0, 0.1) is 11.3 Å². The first-order valence-electron chi connectivity index (χ1n) is 2.89. The zero-order chi connectivity index (χ0) is 8.27. The number of ketones is 1. The maximum atomic E-state index is 11.0. The zero-order valence-corrected chi connectivity index (χ0v) is 7.08. The molecule has 2 nitrogen and oxygen atoms in total. The lowest BCUT2D eigenvalue weighted by atomic mass is 10.2. The maximum Gasteiger partial charge on any atom is 0.186 e. The predicted octanol–water partition coefficient (Wildman–Crippen LogP) is 2.50. The Morgan fingerprint density at radius 2 is 2.45 bits per heavy atom. The van der Waals surface area contributed by atoms with Crippen LogP contribution < -0.4 is 0 Å². The number of thiophene rings is 1. The van der Waals surface area contributed by atoms with Crippen molar-refractivity contribution in [2.45, 2.75) is 6.42 Å². The van der Waals surface area contributed by atoms with Gasteiger partial charge in [0.15, 0.2) is 5.78 Å². The second-order valence-corrected chi connectivity index (χ2v) is 3.58. The van der Waals surface area contributed by atoms with E-state index in [9.17, 15) is 4.79 Å². The van der Waals surface area contributed by atoms with Gasteiger partial charge in [0.2, 0.25) is 0 Å². The molecule has 0 aliphatic heterocycles. The Labute approximate surface area is 73.0 Å². The third-order valence-corrected chi connectivity index (χ3v) is 2.36. The second kappa shape index (κ2) is 3.51. The quantitative estimate of drug-likeness (QED) is 0.665. The van der Waals surface area contributed by atoms with Gasteiger partial charge in [-0.2, -0.15) is 5.26 Å². The van der Waals surface area contributed by atoms with Gasteiger partial charge in [-0.05, 0) is 12.1 Å². The van der Waals surface area contributed by atoms with Gasteiger partial charge in [0.1, 0.15) is 0 Å². The van der Waals surface area contributed by atoms with E-state index in [2.05, 4.69) is 0 Å². The van der Waals surface area contributed by atoms with E-state index in [0.29, 0.717) is 9.21 Å². The highest BCUT2D eigenvalue weighted by Crippen LogP contribution is 2.22. The molecular weight excluding hydrogens is 182 g/mol. The molecule has 0 saturated heterocycles. The molecule has 0 bridgehead atoms. The van der Waals surface area contributed by atoms with Crippen LogP contribution in [0.15, 0.2) is 12.1 Å². The Kier molecular flexibility index (Phi) is 2.64. The van der Waals surface area contributed by atoms with Gasteiger partial charge in [-0.15, -0.1) is 11.3 Å². The van der Waals surface area contributed by atoms with Crippen molar-refractivity contribution in [3.8, 4) is 6.07 Å². The van der Waals surface area contributed by atoms with Crippen LogP contribution in [0.3, 0.4) is 0 Å². The Balaban J connectivity index is 2.78. The highest BCUT2D eigenvalue weighted by molar-refractivity contribution is 7.18. The van der Waals surface area contributed by atoms with Gasteiger partial charge < -0.3 is 0 Å². The molecule has 56 valence electrons. The Hall–Kier alpha value is -0.850. The number of hydrogen-bond acceptors (Lipinski definition) is 3. The van der Waals surface area contributed by atoms with Gasteiger partial charge in [0.05, 0.1) is 21.7 Å². The molecule has 1 heterocycles. The van der Waals surface area contributed by atoms with Crippen LogP contribution in [0.2, 0.25) is 4.34 Å². The molecular formula is C7H4ClNOS. The second-order valence-electron chi connectivity index (χ2n) is 1.86. The van der Waals surface area contributed by atoms with Crippen molar-refractivity contribution in [1.82, 2.24) is 0 Å². The normalized spacial score (nSPS) is 9.09. The topological polar surface area (TPSA) is 40.9 Å². The van der Waals surface area contributed by atoms with Crippen LogP contribution in [0.25, 0.3) is 0 Å². The number of nitriles is 1. The van der Waals surface area contributed by atoms with Gasteiger partial charge >= 0.3 is 0 Å². The summed E-state index contributed by atoms with van der Waals surface area (Å²) in [5.41, 5.74) is 0. The fourth-order valence-electron chi connectivity index (χ4n) is 0.623. The SMILES string of the molecule is N#CCC(=O)c1ccc(Cl)s1. The molecule has 1 aromatic rings. The van der Waals surface area contributed by atoms with Crippen LogP contribution in [0.4, 0.5) is 0 Å². The van der Waals surface area contributed by atoms with Gasteiger partial charge in [-0.3, -0.25) is 4.79 Å². The first-order valence-corrected chi connectivity index (χ1v) is 4.09. The van der Waals surface area contributed by atoms with Crippen molar-refractivity contribution >= 4 is 28.7 Å². The summed E-state index contributed by atoms with van der Waals surface area (Å²) in [6.07, 6.45) is -0.0726. The number of halogens is 1. The molecule has 0 fully saturated rings. The molecule has 0 saturated carbocycles.